The second-order valence-corrected chi connectivity index (χ2v) is 5.41. The Hall–Kier alpha value is -2.15. The van der Waals surface area contributed by atoms with E-state index in [1.54, 1.807) is 4.90 Å². The van der Waals surface area contributed by atoms with Crippen molar-refractivity contribution in [1.82, 2.24) is 4.90 Å². The van der Waals surface area contributed by atoms with Crippen LogP contribution >= 0.6 is 11.6 Å². The molecule has 0 bridgehead atoms. The number of nitro benzene ring substituents is 1. The Morgan fingerprint density at radius 1 is 1.45 bits per heavy atom. The third-order valence-corrected chi connectivity index (χ3v) is 3.59. The van der Waals surface area contributed by atoms with Crippen molar-refractivity contribution in [3.05, 3.63) is 32.8 Å². The molecule has 0 saturated carbocycles. The van der Waals surface area contributed by atoms with E-state index in [1.807, 2.05) is 0 Å². The zero-order valence-electron chi connectivity index (χ0n) is 11.8. The van der Waals surface area contributed by atoms with Crippen LogP contribution in [0.5, 0.6) is 5.75 Å². The fraction of sp³-hybridized carbons (Fsp3) is 0.429. The fourth-order valence-electron chi connectivity index (χ4n) is 2.29. The number of carbonyl (C=O) groups excluding carboxylic acids is 1. The first kappa shape index (κ1) is 16.2. The lowest BCUT2D eigenvalue weighted by molar-refractivity contribution is -0.398. The van der Waals surface area contributed by atoms with Crippen LogP contribution < -0.4 is 5.11 Å². The predicted molar refractivity (Wildman–Crippen MR) is 80.4 cm³/mol. The molecule has 0 atom stereocenters. The van der Waals surface area contributed by atoms with E-state index in [-0.39, 0.29) is 16.5 Å². The highest BCUT2D eigenvalue weighted by atomic mass is 35.5. The van der Waals surface area contributed by atoms with E-state index in [4.69, 9.17) is 11.6 Å². The van der Waals surface area contributed by atoms with Crippen molar-refractivity contribution in [2.24, 2.45) is 4.99 Å². The molecule has 1 heterocycles. The van der Waals surface area contributed by atoms with E-state index in [1.165, 1.54) is 12.3 Å². The van der Waals surface area contributed by atoms with Crippen LogP contribution in [0.3, 0.4) is 0 Å². The zero-order chi connectivity index (χ0) is 16.1. The first-order valence-corrected chi connectivity index (χ1v) is 7.29. The minimum atomic E-state index is -0.759. The van der Waals surface area contributed by atoms with Crippen molar-refractivity contribution < 1.29 is 14.8 Å². The summed E-state index contributed by atoms with van der Waals surface area (Å²) in [4.78, 5) is 27.3. The molecule has 0 aromatic heterocycles. The Morgan fingerprint density at radius 3 is 2.86 bits per heavy atom. The van der Waals surface area contributed by atoms with Crippen molar-refractivity contribution >= 4 is 29.4 Å². The standard InChI is InChI=1S/C14H16ClN3O4/c15-11-7-10(14(20)12(8-11)18(21)22)9-16-4-2-6-17-5-1-3-13(17)19/h7-9,20H,1-6H2/p-1. The summed E-state index contributed by atoms with van der Waals surface area (Å²) in [6, 6.07) is 2.38. The summed E-state index contributed by atoms with van der Waals surface area (Å²) in [7, 11) is 0. The topological polar surface area (TPSA) is 98.9 Å². The summed E-state index contributed by atoms with van der Waals surface area (Å²) in [6.07, 6.45) is 3.48. The molecule has 0 unspecified atom stereocenters. The number of benzene rings is 1. The molecule has 0 spiro atoms. The molecule has 1 aromatic rings. The van der Waals surface area contributed by atoms with E-state index in [0.717, 1.165) is 19.0 Å². The van der Waals surface area contributed by atoms with E-state index in [9.17, 15) is 20.0 Å². The largest absolute Gasteiger partial charge is 0.867 e. The van der Waals surface area contributed by atoms with Crippen molar-refractivity contribution in [2.45, 2.75) is 19.3 Å². The molecule has 1 aromatic carbocycles. The molecule has 0 aliphatic carbocycles. The van der Waals surface area contributed by atoms with Gasteiger partial charge in [-0.15, -0.1) is 0 Å². The minimum absolute atomic E-state index is 0.0939. The summed E-state index contributed by atoms with van der Waals surface area (Å²) < 4.78 is 0. The average molecular weight is 325 g/mol. The van der Waals surface area contributed by atoms with Gasteiger partial charge in [-0.2, -0.15) is 0 Å². The molecule has 2 rings (SSSR count). The second kappa shape index (κ2) is 7.22. The summed E-state index contributed by atoms with van der Waals surface area (Å²) in [5.74, 6) is -0.538. The number of amides is 1. The molecule has 8 heteroatoms. The molecule has 7 nitrogen and oxygen atoms in total. The summed E-state index contributed by atoms with van der Waals surface area (Å²) in [5.41, 5.74) is -0.465. The summed E-state index contributed by atoms with van der Waals surface area (Å²) in [5, 5.41) is 22.7. The lowest BCUT2D eigenvalue weighted by Crippen LogP contribution is -2.26. The fourth-order valence-corrected chi connectivity index (χ4v) is 2.51. The predicted octanol–water partition coefficient (Wildman–Crippen LogP) is 1.75. The van der Waals surface area contributed by atoms with Gasteiger partial charge in [-0.05, 0) is 30.2 Å². The van der Waals surface area contributed by atoms with Gasteiger partial charge in [0.05, 0.1) is 4.92 Å². The number of nitro groups is 1. The maximum atomic E-state index is 11.8. The third kappa shape index (κ3) is 3.94. The molecule has 1 saturated heterocycles. The van der Waals surface area contributed by atoms with Gasteiger partial charge in [-0.1, -0.05) is 11.6 Å². The van der Waals surface area contributed by atoms with E-state index in [0.29, 0.717) is 25.9 Å². The number of carbonyl (C=O) groups is 1. The van der Waals surface area contributed by atoms with Crippen LogP contribution in [-0.2, 0) is 4.79 Å². The number of rotatable bonds is 6. The van der Waals surface area contributed by atoms with Crippen molar-refractivity contribution in [3.63, 3.8) is 0 Å². The number of halogens is 1. The van der Waals surface area contributed by atoms with Crippen LogP contribution in [0.1, 0.15) is 24.8 Å². The van der Waals surface area contributed by atoms with E-state index in [2.05, 4.69) is 4.99 Å². The highest BCUT2D eigenvalue weighted by Crippen LogP contribution is 2.29. The molecule has 1 aliphatic heterocycles. The van der Waals surface area contributed by atoms with Crippen LogP contribution in [0.2, 0.25) is 5.02 Å². The maximum absolute atomic E-state index is 11.8. The molecule has 1 fully saturated rings. The number of aliphatic imine (C=N–C) groups is 1. The highest BCUT2D eigenvalue weighted by molar-refractivity contribution is 6.31. The second-order valence-electron chi connectivity index (χ2n) is 4.97. The monoisotopic (exact) mass is 324 g/mol. The van der Waals surface area contributed by atoms with Crippen LogP contribution in [0, 0.1) is 10.1 Å². The SMILES string of the molecule is O=C1CCCN1CCCN=Cc1cc(Cl)cc([N+](=O)[O-])c1[O-]. The molecule has 22 heavy (non-hydrogen) atoms. The smallest absolute Gasteiger partial charge is 0.263 e. The van der Waals surface area contributed by atoms with Gasteiger partial charge in [0.15, 0.2) is 0 Å². The highest BCUT2D eigenvalue weighted by Gasteiger charge is 2.18. The lowest BCUT2D eigenvalue weighted by atomic mass is 10.2. The molecule has 0 N–H and O–H groups in total. The van der Waals surface area contributed by atoms with Gasteiger partial charge in [0.25, 0.3) is 5.69 Å². The van der Waals surface area contributed by atoms with Crippen LogP contribution in [-0.4, -0.2) is 41.6 Å². The molecule has 118 valence electrons. The van der Waals surface area contributed by atoms with Gasteiger partial charge in [0, 0.05) is 43.4 Å². The van der Waals surface area contributed by atoms with Crippen molar-refractivity contribution in [2.75, 3.05) is 19.6 Å². The molecule has 1 aliphatic rings. The minimum Gasteiger partial charge on any atom is -0.867 e. The molecular weight excluding hydrogens is 310 g/mol. The number of hydrogen-bond donors (Lipinski definition) is 0. The average Bonchev–Trinajstić information content (AvgIpc) is 2.87. The Labute approximate surface area is 132 Å². The Kier molecular flexibility index (Phi) is 5.32. The normalized spacial score (nSPS) is 15.0. The summed E-state index contributed by atoms with van der Waals surface area (Å²) >= 11 is 5.76. The van der Waals surface area contributed by atoms with E-state index < -0.39 is 16.4 Å². The van der Waals surface area contributed by atoms with Gasteiger partial charge in [0.2, 0.25) is 5.91 Å². The van der Waals surface area contributed by atoms with Gasteiger partial charge < -0.3 is 10.0 Å². The van der Waals surface area contributed by atoms with Crippen LogP contribution in [0.4, 0.5) is 5.69 Å². The van der Waals surface area contributed by atoms with Crippen LogP contribution in [0.25, 0.3) is 0 Å². The van der Waals surface area contributed by atoms with Gasteiger partial charge in [-0.3, -0.25) is 19.9 Å². The molecular formula is C14H15ClN3O4-. The number of hydrogen-bond acceptors (Lipinski definition) is 5. The molecule has 1 amide bonds. The lowest BCUT2D eigenvalue weighted by Gasteiger charge is -2.14. The number of likely N-dealkylation sites (tertiary alicyclic amines) is 1. The Bertz CT molecular complexity index is 618. The summed E-state index contributed by atoms with van der Waals surface area (Å²) in [6.45, 7) is 1.85. The molecule has 0 radical (unpaired) electrons. The number of nitrogens with zero attached hydrogens (tertiary/aromatic N) is 3. The van der Waals surface area contributed by atoms with Gasteiger partial charge in [-0.25, -0.2) is 0 Å². The van der Waals surface area contributed by atoms with Crippen molar-refractivity contribution in [3.8, 4) is 5.75 Å². The van der Waals surface area contributed by atoms with Gasteiger partial charge >= 0.3 is 0 Å². The maximum Gasteiger partial charge on any atom is 0.263 e. The third-order valence-electron chi connectivity index (χ3n) is 3.38. The first-order chi connectivity index (χ1) is 10.5. The van der Waals surface area contributed by atoms with E-state index >= 15 is 0 Å². The van der Waals surface area contributed by atoms with Crippen molar-refractivity contribution in [1.29, 1.82) is 0 Å². The Morgan fingerprint density at radius 2 is 2.23 bits per heavy atom. The zero-order valence-corrected chi connectivity index (χ0v) is 12.6. The van der Waals surface area contributed by atoms with Crippen LogP contribution in [0.15, 0.2) is 17.1 Å². The first-order valence-electron chi connectivity index (χ1n) is 6.91. The Balaban J connectivity index is 1.92. The quantitative estimate of drug-likeness (QED) is 0.344. The van der Waals surface area contributed by atoms with Gasteiger partial charge in [0.1, 0.15) is 0 Å².